The van der Waals surface area contributed by atoms with Crippen LogP contribution in [0.25, 0.3) is 0 Å². The Morgan fingerprint density at radius 3 is 2.71 bits per heavy atom. The van der Waals surface area contributed by atoms with Gasteiger partial charge in [-0.2, -0.15) is 5.10 Å². The van der Waals surface area contributed by atoms with Crippen molar-refractivity contribution in [2.24, 2.45) is 5.92 Å². The molecule has 1 aliphatic carbocycles. The van der Waals surface area contributed by atoms with E-state index in [0.717, 1.165) is 18.2 Å². The monoisotopic (exact) mass is 195 g/mol. The van der Waals surface area contributed by atoms with Crippen LogP contribution in [0.5, 0.6) is 0 Å². The van der Waals surface area contributed by atoms with Crippen LogP contribution in [-0.2, 0) is 13.0 Å². The van der Waals surface area contributed by atoms with Gasteiger partial charge >= 0.3 is 0 Å². The van der Waals surface area contributed by atoms with Crippen molar-refractivity contribution >= 4 is 0 Å². The average molecular weight is 195 g/mol. The molecule has 1 aliphatic rings. The van der Waals surface area contributed by atoms with Crippen molar-refractivity contribution in [3.05, 3.63) is 11.6 Å². The second-order valence-electron chi connectivity index (χ2n) is 4.06. The molecule has 14 heavy (non-hydrogen) atoms. The van der Waals surface area contributed by atoms with Crippen molar-refractivity contribution in [3.8, 4) is 0 Å². The van der Waals surface area contributed by atoms with Gasteiger partial charge in [0.25, 0.3) is 0 Å². The number of aromatic nitrogens is 3. The van der Waals surface area contributed by atoms with Crippen molar-refractivity contribution in [2.45, 2.75) is 45.1 Å². The number of aliphatic hydroxyl groups is 1. The second kappa shape index (κ2) is 4.55. The molecule has 0 amide bonds. The first kappa shape index (κ1) is 9.65. The lowest BCUT2D eigenvalue weighted by atomic mass is 9.87. The molecule has 2 rings (SSSR count). The largest absolute Gasteiger partial charge is 0.388 e. The molecule has 0 unspecified atom stereocenters. The molecule has 0 radical (unpaired) electrons. The van der Waals surface area contributed by atoms with Crippen molar-refractivity contribution in [3.63, 3.8) is 0 Å². The fraction of sp³-hybridized carbons (Fsp3) is 0.800. The quantitative estimate of drug-likeness (QED) is 0.766. The number of nitrogens with one attached hydrogen (secondary N) is 1. The van der Waals surface area contributed by atoms with Crippen LogP contribution in [0.4, 0.5) is 0 Å². The van der Waals surface area contributed by atoms with Crippen LogP contribution in [0.2, 0.25) is 0 Å². The van der Waals surface area contributed by atoms with E-state index in [1.807, 2.05) is 0 Å². The van der Waals surface area contributed by atoms with Gasteiger partial charge in [0.1, 0.15) is 12.4 Å². The summed E-state index contributed by atoms with van der Waals surface area (Å²) >= 11 is 0. The van der Waals surface area contributed by atoms with E-state index in [1.165, 1.54) is 32.1 Å². The Morgan fingerprint density at radius 1 is 1.29 bits per heavy atom. The summed E-state index contributed by atoms with van der Waals surface area (Å²) in [5.74, 6) is 2.20. The first-order chi connectivity index (χ1) is 6.88. The lowest BCUT2D eigenvalue weighted by molar-refractivity contribution is 0.271. The van der Waals surface area contributed by atoms with E-state index in [0.29, 0.717) is 5.82 Å². The lowest BCUT2D eigenvalue weighted by Crippen LogP contribution is -2.10. The Labute approximate surface area is 83.8 Å². The fourth-order valence-electron chi connectivity index (χ4n) is 2.15. The Kier molecular flexibility index (Phi) is 3.14. The fourth-order valence-corrected chi connectivity index (χ4v) is 2.15. The maximum atomic E-state index is 8.82. The van der Waals surface area contributed by atoms with E-state index in [2.05, 4.69) is 15.2 Å². The number of rotatable bonds is 3. The Bertz CT molecular complexity index is 279. The molecule has 1 heterocycles. The van der Waals surface area contributed by atoms with E-state index < -0.39 is 0 Å². The van der Waals surface area contributed by atoms with Crippen LogP contribution in [0.3, 0.4) is 0 Å². The summed E-state index contributed by atoms with van der Waals surface area (Å²) in [7, 11) is 0. The van der Waals surface area contributed by atoms with Crippen molar-refractivity contribution < 1.29 is 5.11 Å². The molecule has 1 aromatic heterocycles. The van der Waals surface area contributed by atoms with Gasteiger partial charge in [0.2, 0.25) is 0 Å². The molecule has 0 atom stereocenters. The molecule has 4 heteroatoms. The van der Waals surface area contributed by atoms with Gasteiger partial charge in [0.15, 0.2) is 5.82 Å². The molecule has 0 saturated heterocycles. The maximum Gasteiger partial charge on any atom is 0.151 e. The van der Waals surface area contributed by atoms with Crippen LogP contribution in [0.15, 0.2) is 0 Å². The molecule has 0 aliphatic heterocycles. The van der Waals surface area contributed by atoms with Crippen molar-refractivity contribution in [2.75, 3.05) is 0 Å². The number of aliphatic hydroxyl groups excluding tert-OH is 1. The van der Waals surface area contributed by atoms with Crippen LogP contribution in [0.1, 0.15) is 43.8 Å². The highest BCUT2D eigenvalue weighted by Gasteiger charge is 2.15. The normalized spacial score (nSPS) is 18.6. The molecule has 1 fully saturated rings. The van der Waals surface area contributed by atoms with Gasteiger partial charge in [-0.25, -0.2) is 4.98 Å². The van der Waals surface area contributed by atoms with Crippen molar-refractivity contribution in [1.29, 1.82) is 0 Å². The minimum absolute atomic E-state index is 0.0440. The summed E-state index contributed by atoms with van der Waals surface area (Å²) in [6.45, 7) is -0.0440. The summed E-state index contributed by atoms with van der Waals surface area (Å²) < 4.78 is 0. The van der Waals surface area contributed by atoms with Crippen LogP contribution < -0.4 is 0 Å². The SMILES string of the molecule is OCc1nc(CC2CCCCC2)n[nH]1. The third kappa shape index (κ3) is 2.32. The molecular formula is C10H17N3O. The van der Waals surface area contributed by atoms with Crippen LogP contribution in [-0.4, -0.2) is 20.3 Å². The van der Waals surface area contributed by atoms with Crippen LogP contribution in [0, 0.1) is 5.92 Å². The summed E-state index contributed by atoms with van der Waals surface area (Å²) in [5.41, 5.74) is 0. The van der Waals surface area contributed by atoms with Crippen LogP contribution >= 0.6 is 0 Å². The predicted octanol–water partition coefficient (Wildman–Crippen LogP) is 1.42. The standard InChI is InChI=1S/C10H17N3O/c14-7-10-11-9(12-13-10)6-8-4-2-1-3-5-8/h8,14H,1-7H2,(H,11,12,13). The number of hydrogen-bond acceptors (Lipinski definition) is 3. The van der Waals surface area contributed by atoms with Gasteiger partial charge in [0.05, 0.1) is 0 Å². The zero-order valence-corrected chi connectivity index (χ0v) is 8.37. The number of nitrogens with zero attached hydrogens (tertiary/aromatic N) is 2. The first-order valence-electron chi connectivity index (χ1n) is 5.39. The van der Waals surface area contributed by atoms with E-state index in [1.54, 1.807) is 0 Å². The summed E-state index contributed by atoms with van der Waals surface area (Å²) in [4.78, 5) is 4.21. The first-order valence-corrected chi connectivity index (χ1v) is 5.39. The molecule has 2 N–H and O–H groups in total. The Balaban J connectivity index is 1.89. The second-order valence-corrected chi connectivity index (χ2v) is 4.06. The molecule has 0 spiro atoms. The summed E-state index contributed by atoms with van der Waals surface area (Å²) in [6.07, 6.45) is 7.67. The highest BCUT2D eigenvalue weighted by Crippen LogP contribution is 2.25. The van der Waals surface area contributed by atoms with E-state index in [9.17, 15) is 0 Å². The molecule has 0 bridgehead atoms. The minimum atomic E-state index is -0.0440. The highest BCUT2D eigenvalue weighted by molar-refractivity contribution is 4.91. The van der Waals surface area contributed by atoms with E-state index >= 15 is 0 Å². The topological polar surface area (TPSA) is 61.8 Å². The molecular weight excluding hydrogens is 178 g/mol. The van der Waals surface area contributed by atoms with Gasteiger partial charge in [-0.05, 0) is 5.92 Å². The third-order valence-electron chi connectivity index (χ3n) is 2.92. The third-order valence-corrected chi connectivity index (χ3v) is 2.92. The van der Waals surface area contributed by atoms with Gasteiger partial charge in [-0.3, -0.25) is 5.10 Å². The van der Waals surface area contributed by atoms with Gasteiger partial charge < -0.3 is 5.11 Å². The number of aromatic amines is 1. The maximum absolute atomic E-state index is 8.82. The van der Waals surface area contributed by atoms with E-state index in [4.69, 9.17) is 5.11 Å². The highest BCUT2D eigenvalue weighted by atomic mass is 16.3. The predicted molar refractivity (Wildman–Crippen MR) is 52.6 cm³/mol. The zero-order chi connectivity index (χ0) is 9.80. The molecule has 78 valence electrons. The molecule has 1 saturated carbocycles. The van der Waals surface area contributed by atoms with Gasteiger partial charge in [0, 0.05) is 6.42 Å². The Hall–Kier alpha value is -0.900. The van der Waals surface area contributed by atoms with Gasteiger partial charge in [-0.15, -0.1) is 0 Å². The summed E-state index contributed by atoms with van der Waals surface area (Å²) in [6, 6.07) is 0. The van der Waals surface area contributed by atoms with E-state index in [-0.39, 0.29) is 6.61 Å². The molecule has 1 aromatic rings. The lowest BCUT2D eigenvalue weighted by Gasteiger charge is -2.19. The number of H-pyrrole nitrogens is 1. The van der Waals surface area contributed by atoms with Gasteiger partial charge in [-0.1, -0.05) is 32.1 Å². The average Bonchev–Trinajstić information content (AvgIpc) is 2.67. The minimum Gasteiger partial charge on any atom is -0.388 e. The smallest absolute Gasteiger partial charge is 0.151 e. The molecule has 0 aromatic carbocycles. The molecule has 4 nitrogen and oxygen atoms in total. The number of hydrogen-bond donors (Lipinski definition) is 2. The Morgan fingerprint density at radius 2 is 2.07 bits per heavy atom. The zero-order valence-electron chi connectivity index (χ0n) is 8.37. The summed E-state index contributed by atoms with van der Waals surface area (Å²) in [5, 5.41) is 15.6. The van der Waals surface area contributed by atoms with Crippen molar-refractivity contribution in [1.82, 2.24) is 15.2 Å².